The fraction of sp³-hybridized carbons (Fsp3) is 0.810. The molecule has 0 heteroatoms. The Balaban J connectivity index is 1.72. The fourth-order valence-electron chi connectivity index (χ4n) is 6.89. The molecular weight excluding hydrogens is 252 g/mol. The van der Waals surface area contributed by atoms with Gasteiger partial charge in [0, 0.05) is 0 Å². The lowest BCUT2D eigenvalue weighted by Gasteiger charge is -2.55. The molecular formula is C21H32. The van der Waals surface area contributed by atoms with Crippen molar-refractivity contribution in [3.05, 3.63) is 23.8 Å². The van der Waals surface area contributed by atoms with E-state index < -0.39 is 0 Å². The minimum atomic E-state index is 0.503. The highest BCUT2D eigenvalue weighted by Crippen LogP contribution is 2.65. The maximum Gasteiger partial charge on any atom is -0.00479 e. The summed E-state index contributed by atoms with van der Waals surface area (Å²) in [5, 5.41) is 0. The fourth-order valence-corrected chi connectivity index (χ4v) is 6.89. The van der Waals surface area contributed by atoms with Crippen molar-refractivity contribution >= 4 is 0 Å². The molecule has 0 aromatic carbocycles. The highest BCUT2D eigenvalue weighted by atomic mass is 14.6. The van der Waals surface area contributed by atoms with Crippen LogP contribution in [0.2, 0.25) is 0 Å². The first kappa shape index (κ1) is 14.1. The Hall–Kier alpha value is -0.520. The highest BCUT2D eigenvalue weighted by Gasteiger charge is 2.55. The summed E-state index contributed by atoms with van der Waals surface area (Å²) < 4.78 is 0. The van der Waals surface area contributed by atoms with E-state index in [4.69, 9.17) is 0 Å². The second-order valence-electron chi connectivity index (χ2n) is 8.87. The molecule has 0 amide bonds. The van der Waals surface area contributed by atoms with Crippen LogP contribution in [-0.4, -0.2) is 0 Å². The van der Waals surface area contributed by atoms with Crippen LogP contribution in [-0.2, 0) is 0 Å². The van der Waals surface area contributed by atoms with Crippen LogP contribution < -0.4 is 0 Å². The summed E-state index contributed by atoms with van der Waals surface area (Å²) in [7, 11) is 0. The first-order valence-electron chi connectivity index (χ1n) is 9.45. The van der Waals surface area contributed by atoms with E-state index in [2.05, 4.69) is 39.0 Å². The van der Waals surface area contributed by atoms with Crippen molar-refractivity contribution in [2.24, 2.45) is 34.5 Å². The molecule has 116 valence electrons. The van der Waals surface area contributed by atoms with Gasteiger partial charge in [-0.2, -0.15) is 0 Å². The topological polar surface area (TPSA) is 0 Å². The van der Waals surface area contributed by atoms with Crippen LogP contribution >= 0.6 is 0 Å². The van der Waals surface area contributed by atoms with E-state index in [9.17, 15) is 0 Å². The van der Waals surface area contributed by atoms with Crippen LogP contribution in [0.3, 0.4) is 0 Å². The molecule has 6 atom stereocenters. The van der Waals surface area contributed by atoms with Gasteiger partial charge in [0.25, 0.3) is 0 Å². The average molecular weight is 284 g/mol. The van der Waals surface area contributed by atoms with Gasteiger partial charge < -0.3 is 0 Å². The smallest absolute Gasteiger partial charge is 0.00479 e. The van der Waals surface area contributed by atoms with E-state index in [-0.39, 0.29) is 0 Å². The maximum absolute atomic E-state index is 2.74. The minimum absolute atomic E-state index is 0.503. The zero-order valence-electron chi connectivity index (χ0n) is 14.2. The van der Waals surface area contributed by atoms with Gasteiger partial charge in [-0.15, -0.1) is 0 Å². The molecule has 0 aromatic rings. The molecule has 2 fully saturated rings. The van der Waals surface area contributed by atoms with Crippen LogP contribution in [0.5, 0.6) is 0 Å². The number of hydrogen-bond donors (Lipinski definition) is 0. The molecule has 0 N–H and O–H groups in total. The predicted molar refractivity (Wildman–Crippen MR) is 90.0 cm³/mol. The van der Waals surface area contributed by atoms with Gasteiger partial charge in [-0.05, 0) is 79.4 Å². The summed E-state index contributed by atoms with van der Waals surface area (Å²) in [6.45, 7) is 7.64. The first-order chi connectivity index (χ1) is 10.1. The summed E-state index contributed by atoms with van der Waals surface area (Å²) in [5.41, 5.74) is 3.02. The Labute approximate surface area is 131 Å². The molecule has 1 unspecified atom stereocenters. The van der Waals surface area contributed by atoms with Crippen molar-refractivity contribution in [1.82, 2.24) is 0 Å². The molecule has 0 saturated heterocycles. The maximum atomic E-state index is 2.74. The SMILES string of the molecule is CC[C@H]1CC[C@H]2[C@@H]3CCC4CC=CC[C@]4(C)C3=CC[C@]12C. The summed E-state index contributed by atoms with van der Waals surface area (Å²) >= 11 is 0. The van der Waals surface area contributed by atoms with Crippen molar-refractivity contribution < 1.29 is 0 Å². The van der Waals surface area contributed by atoms with Crippen molar-refractivity contribution in [1.29, 1.82) is 0 Å². The van der Waals surface area contributed by atoms with Gasteiger partial charge in [-0.25, -0.2) is 0 Å². The van der Waals surface area contributed by atoms with E-state index in [1.807, 2.05) is 5.57 Å². The van der Waals surface area contributed by atoms with Crippen molar-refractivity contribution in [2.45, 2.75) is 72.1 Å². The van der Waals surface area contributed by atoms with Gasteiger partial charge >= 0.3 is 0 Å². The lowest BCUT2D eigenvalue weighted by Crippen LogP contribution is -2.46. The van der Waals surface area contributed by atoms with Crippen molar-refractivity contribution in [2.75, 3.05) is 0 Å². The van der Waals surface area contributed by atoms with Gasteiger partial charge in [-0.1, -0.05) is 51.0 Å². The third-order valence-electron chi connectivity index (χ3n) is 8.26. The number of allylic oxidation sites excluding steroid dienone is 4. The zero-order valence-corrected chi connectivity index (χ0v) is 14.2. The molecule has 0 aromatic heterocycles. The first-order valence-corrected chi connectivity index (χ1v) is 9.45. The Morgan fingerprint density at radius 3 is 2.71 bits per heavy atom. The van der Waals surface area contributed by atoms with E-state index in [1.165, 1.54) is 51.4 Å². The van der Waals surface area contributed by atoms with E-state index in [0.29, 0.717) is 10.8 Å². The molecule has 4 aliphatic carbocycles. The molecule has 0 spiro atoms. The number of rotatable bonds is 1. The lowest BCUT2D eigenvalue weighted by atomic mass is 9.49. The quantitative estimate of drug-likeness (QED) is 0.507. The van der Waals surface area contributed by atoms with Gasteiger partial charge in [0.1, 0.15) is 0 Å². The van der Waals surface area contributed by atoms with Gasteiger partial charge in [0.2, 0.25) is 0 Å². The van der Waals surface area contributed by atoms with Gasteiger partial charge in [0.05, 0.1) is 0 Å². The molecule has 2 saturated carbocycles. The summed E-state index contributed by atoms with van der Waals surface area (Å²) in [4.78, 5) is 0. The largest absolute Gasteiger partial charge is 0.0882 e. The third-order valence-corrected chi connectivity index (χ3v) is 8.26. The van der Waals surface area contributed by atoms with Gasteiger partial charge in [-0.3, -0.25) is 0 Å². The standard InChI is InChI=1S/C21H32/c1-4-15-9-11-18-17-10-8-16-7-5-6-13-20(16,2)19(17)12-14-21(15,18)3/h5-6,12,15-18H,4,7-11,13-14H2,1-3H3/t15-,16?,17-,18-,20-,21+/m0/s1. The van der Waals surface area contributed by atoms with Crippen LogP contribution in [0.1, 0.15) is 72.1 Å². The Morgan fingerprint density at radius 2 is 1.90 bits per heavy atom. The number of fused-ring (bicyclic) bond motifs is 5. The van der Waals surface area contributed by atoms with E-state index >= 15 is 0 Å². The Kier molecular flexibility index (Phi) is 3.18. The molecule has 0 radical (unpaired) electrons. The summed E-state index contributed by atoms with van der Waals surface area (Å²) in [5.74, 6) is 3.83. The van der Waals surface area contributed by atoms with E-state index in [1.54, 1.807) is 0 Å². The monoisotopic (exact) mass is 284 g/mol. The van der Waals surface area contributed by atoms with Crippen LogP contribution in [0.15, 0.2) is 23.8 Å². The molecule has 0 nitrogen and oxygen atoms in total. The highest BCUT2D eigenvalue weighted by molar-refractivity contribution is 5.30. The zero-order chi connectivity index (χ0) is 14.7. The minimum Gasteiger partial charge on any atom is -0.0882 e. The van der Waals surface area contributed by atoms with Crippen molar-refractivity contribution in [3.63, 3.8) is 0 Å². The van der Waals surface area contributed by atoms with Crippen LogP contribution in [0.25, 0.3) is 0 Å². The molecule has 4 rings (SSSR count). The summed E-state index contributed by atoms with van der Waals surface area (Å²) in [6.07, 6.45) is 19.0. The van der Waals surface area contributed by atoms with Crippen molar-refractivity contribution in [3.8, 4) is 0 Å². The van der Waals surface area contributed by atoms with Gasteiger partial charge in [0.15, 0.2) is 0 Å². The second-order valence-corrected chi connectivity index (χ2v) is 8.87. The Bertz CT molecular complexity index is 484. The number of hydrogen-bond acceptors (Lipinski definition) is 0. The third kappa shape index (κ3) is 1.80. The molecule has 0 bridgehead atoms. The molecule has 4 aliphatic rings. The lowest BCUT2D eigenvalue weighted by molar-refractivity contribution is 0.0476. The second kappa shape index (κ2) is 4.74. The summed E-state index contributed by atoms with van der Waals surface area (Å²) in [6, 6.07) is 0. The van der Waals surface area contributed by atoms with Crippen LogP contribution in [0.4, 0.5) is 0 Å². The molecule has 0 aliphatic heterocycles. The predicted octanol–water partition coefficient (Wildman–Crippen LogP) is 6.14. The molecule has 0 heterocycles. The normalized spacial score (nSPS) is 51.9. The van der Waals surface area contributed by atoms with E-state index in [0.717, 1.165) is 23.7 Å². The Morgan fingerprint density at radius 1 is 1.05 bits per heavy atom. The average Bonchev–Trinajstić information content (AvgIpc) is 2.83. The molecule has 21 heavy (non-hydrogen) atoms. The van der Waals surface area contributed by atoms with Crippen LogP contribution in [0, 0.1) is 34.5 Å².